The third-order valence-electron chi connectivity index (χ3n) is 2.44. The van der Waals surface area contributed by atoms with Crippen LogP contribution in [0.5, 0.6) is 0 Å². The van der Waals surface area contributed by atoms with E-state index in [0.717, 1.165) is 0 Å². The number of rotatable bonds is 4. The lowest BCUT2D eigenvalue weighted by molar-refractivity contribution is 0.00992. The molecule has 0 unspecified atom stereocenters. The van der Waals surface area contributed by atoms with Gasteiger partial charge in [-0.1, -0.05) is 39.0 Å². The third-order valence-corrected chi connectivity index (χ3v) is 2.44. The van der Waals surface area contributed by atoms with Gasteiger partial charge in [0.15, 0.2) is 0 Å². The van der Waals surface area contributed by atoms with Crippen LogP contribution in [0.4, 0.5) is 0 Å². The summed E-state index contributed by atoms with van der Waals surface area (Å²) in [6, 6.07) is 0. The Morgan fingerprint density at radius 1 is 1.33 bits per heavy atom. The number of allylic oxidation sites excluding steroid dienone is 1. The van der Waals surface area contributed by atoms with Crippen LogP contribution in [0, 0.1) is 11.8 Å². The van der Waals surface area contributed by atoms with Crippen molar-refractivity contribution >= 4 is 0 Å². The van der Waals surface area contributed by atoms with Crippen LogP contribution in [-0.2, 0) is 0 Å². The monoisotopic (exact) mass is 168 g/mol. The minimum Gasteiger partial charge on any atom is -0.385 e. The minimum atomic E-state index is -0.740. The number of hydrogen-bond donors (Lipinski definition) is 1. The highest BCUT2D eigenvalue weighted by atomic mass is 16.3. The van der Waals surface area contributed by atoms with Gasteiger partial charge in [0, 0.05) is 5.92 Å². The summed E-state index contributed by atoms with van der Waals surface area (Å²) < 4.78 is 0. The molecule has 2 atom stereocenters. The molecule has 0 aromatic carbocycles. The van der Waals surface area contributed by atoms with Gasteiger partial charge >= 0.3 is 0 Å². The molecule has 0 heterocycles. The molecule has 0 aromatic heterocycles. The maximum absolute atomic E-state index is 10.2. The van der Waals surface area contributed by atoms with Gasteiger partial charge in [-0.2, -0.15) is 0 Å². The van der Waals surface area contributed by atoms with E-state index >= 15 is 0 Å². The van der Waals surface area contributed by atoms with E-state index in [0.29, 0.717) is 0 Å². The van der Waals surface area contributed by atoms with Gasteiger partial charge in [0.25, 0.3) is 0 Å². The van der Waals surface area contributed by atoms with E-state index in [4.69, 9.17) is 0 Å². The molecule has 0 aliphatic heterocycles. The lowest BCUT2D eigenvalue weighted by Gasteiger charge is -2.33. The highest BCUT2D eigenvalue weighted by Gasteiger charge is 2.32. The van der Waals surface area contributed by atoms with Crippen LogP contribution in [0.15, 0.2) is 24.8 Å². The number of aliphatic hydroxyl groups is 1. The molecule has 0 saturated heterocycles. The first-order chi connectivity index (χ1) is 5.49. The van der Waals surface area contributed by atoms with Crippen molar-refractivity contribution in [3.05, 3.63) is 24.8 Å². The van der Waals surface area contributed by atoms with Gasteiger partial charge in [-0.3, -0.25) is 0 Å². The highest BCUT2D eigenvalue weighted by Crippen LogP contribution is 2.28. The van der Waals surface area contributed by atoms with Gasteiger partial charge in [-0.05, 0) is 12.8 Å². The van der Waals surface area contributed by atoms with Crippen LogP contribution in [-0.4, -0.2) is 10.7 Å². The van der Waals surface area contributed by atoms with E-state index < -0.39 is 5.60 Å². The van der Waals surface area contributed by atoms with E-state index in [1.165, 1.54) is 0 Å². The molecule has 0 aliphatic carbocycles. The first kappa shape index (κ1) is 11.4. The molecular weight excluding hydrogens is 148 g/mol. The Balaban J connectivity index is 4.72. The average Bonchev–Trinajstić information content (AvgIpc) is 2.03. The van der Waals surface area contributed by atoms with Crippen molar-refractivity contribution in [2.24, 2.45) is 11.8 Å². The fraction of sp³-hybridized carbons (Fsp3) is 0.636. The van der Waals surface area contributed by atoms with Crippen LogP contribution >= 0.6 is 0 Å². The molecular formula is C11H20O. The maximum atomic E-state index is 10.2. The largest absolute Gasteiger partial charge is 0.385 e. The molecule has 0 rings (SSSR count). The second-order valence-corrected chi connectivity index (χ2v) is 3.57. The quantitative estimate of drug-likeness (QED) is 0.640. The third kappa shape index (κ3) is 2.21. The van der Waals surface area contributed by atoms with Gasteiger partial charge in [0.2, 0.25) is 0 Å². The van der Waals surface area contributed by atoms with Crippen molar-refractivity contribution < 1.29 is 5.11 Å². The Morgan fingerprint density at radius 3 is 2.08 bits per heavy atom. The zero-order valence-electron chi connectivity index (χ0n) is 8.54. The summed E-state index contributed by atoms with van der Waals surface area (Å²) in [5.74, 6) is 0.301. The fourth-order valence-corrected chi connectivity index (χ4v) is 1.33. The Labute approximate surface area is 75.8 Å². The first-order valence-corrected chi connectivity index (χ1v) is 4.47. The summed E-state index contributed by atoms with van der Waals surface area (Å²) >= 11 is 0. The van der Waals surface area contributed by atoms with Gasteiger partial charge < -0.3 is 5.11 Å². The molecule has 0 aliphatic rings. The fourth-order valence-electron chi connectivity index (χ4n) is 1.33. The Kier molecular flexibility index (Phi) is 4.25. The lowest BCUT2D eigenvalue weighted by Crippen LogP contribution is -2.38. The molecule has 0 fully saturated rings. The van der Waals surface area contributed by atoms with E-state index in [9.17, 15) is 5.11 Å². The standard InChI is InChI=1S/C11H20O/c1-6-8-11(12,9(3)4)10(5)7-2/h6-10,12H,2H2,1,3-5H3/b8-6+/t10-,11-/m0/s1. The van der Waals surface area contributed by atoms with Gasteiger partial charge in [-0.25, -0.2) is 0 Å². The second kappa shape index (κ2) is 4.46. The molecule has 1 N–H and O–H groups in total. The van der Waals surface area contributed by atoms with E-state index in [1.807, 2.05) is 39.8 Å². The molecule has 12 heavy (non-hydrogen) atoms. The molecule has 0 aromatic rings. The van der Waals surface area contributed by atoms with Crippen molar-refractivity contribution in [2.45, 2.75) is 33.3 Å². The minimum absolute atomic E-state index is 0.0914. The van der Waals surface area contributed by atoms with Crippen LogP contribution in [0.2, 0.25) is 0 Å². The Morgan fingerprint density at radius 2 is 1.83 bits per heavy atom. The van der Waals surface area contributed by atoms with Crippen molar-refractivity contribution in [1.82, 2.24) is 0 Å². The van der Waals surface area contributed by atoms with Crippen molar-refractivity contribution in [3.63, 3.8) is 0 Å². The van der Waals surface area contributed by atoms with E-state index in [2.05, 4.69) is 6.58 Å². The summed E-state index contributed by atoms with van der Waals surface area (Å²) in [4.78, 5) is 0. The molecule has 0 saturated carbocycles. The van der Waals surface area contributed by atoms with Gasteiger partial charge in [-0.15, -0.1) is 6.58 Å². The van der Waals surface area contributed by atoms with Crippen molar-refractivity contribution in [3.8, 4) is 0 Å². The molecule has 0 bridgehead atoms. The summed E-state index contributed by atoms with van der Waals surface area (Å²) in [6.45, 7) is 11.6. The van der Waals surface area contributed by atoms with Crippen LogP contribution < -0.4 is 0 Å². The van der Waals surface area contributed by atoms with Crippen LogP contribution in [0.1, 0.15) is 27.7 Å². The predicted octanol–water partition coefficient (Wildman–Crippen LogP) is 2.77. The van der Waals surface area contributed by atoms with E-state index in [-0.39, 0.29) is 11.8 Å². The van der Waals surface area contributed by atoms with Gasteiger partial charge in [0.1, 0.15) is 0 Å². The predicted molar refractivity (Wildman–Crippen MR) is 54.0 cm³/mol. The Bertz CT molecular complexity index is 170. The van der Waals surface area contributed by atoms with Crippen LogP contribution in [0.3, 0.4) is 0 Å². The molecule has 1 nitrogen and oxygen atoms in total. The van der Waals surface area contributed by atoms with E-state index in [1.54, 1.807) is 6.08 Å². The van der Waals surface area contributed by atoms with Crippen molar-refractivity contribution in [1.29, 1.82) is 0 Å². The Hall–Kier alpha value is -0.560. The highest BCUT2D eigenvalue weighted by molar-refractivity contribution is 5.08. The summed E-state index contributed by atoms with van der Waals surface area (Å²) in [5, 5.41) is 10.2. The smallest absolute Gasteiger partial charge is 0.0909 e. The zero-order chi connectivity index (χ0) is 9.78. The van der Waals surface area contributed by atoms with Crippen molar-refractivity contribution in [2.75, 3.05) is 0 Å². The number of hydrogen-bond acceptors (Lipinski definition) is 1. The van der Waals surface area contributed by atoms with Crippen LogP contribution in [0.25, 0.3) is 0 Å². The molecule has 0 spiro atoms. The lowest BCUT2D eigenvalue weighted by atomic mass is 9.79. The molecule has 0 radical (unpaired) electrons. The van der Waals surface area contributed by atoms with Gasteiger partial charge in [0.05, 0.1) is 5.60 Å². The topological polar surface area (TPSA) is 20.2 Å². The normalized spacial score (nSPS) is 19.5. The first-order valence-electron chi connectivity index (χ1n) is 4.47. The summed E-state index contributed by atoms with van der Waals surface area (Å²) in [6.07, 6.45) is 5.53. The zero-order valence-corrected chi connectivity index (χ0v) is 8.54. The molecule has 1 heteroatoms. The molecule has 0 amide bonds. The maximum Gasteiger partial charge on any atom is 0.0909 e. The second-order valence-electron chi connectivity index (χ2n) is 3.57. The SMILES string of the molecule is C=C[C@H](C)[C@](O)(/C=C/C)C(C)C. The molecule has 70 valence electrons. The summed E-state index contributed by atoms with van der Waals surface area (Å²) in [7, 11) is 0. The summed E-state index contributed by atoms with van der Waals surface area (Å²) in [5.41, 5.74) is -0.740. The average molecular weight is 168 g/mol.